The molecule has 1 aromatic carbocycles. The van der Waals surface area contributed by atoms with Gasteiger partial charge in [-0.1, -0.05) is 18.2 Å². The third-order valence-electron chi connectivity index (χ3n) is 1.16. The standard InChI is InChI=1S/C10H8O2.2C3H9P.CO.2ClH.W/c1-9(11)12-8-7-10-5-3-2-4-6-10;2*1-4(2)3;1-2;;;/h2-6H,1H3;2*1-3H3;;2*1H;/q;;;;;;+2/p-2. The zero-order valence-electron chi connectivity index (χ0n) is 15.7. The molecule has 1 aromatic rings. The molecule has 0 amide bonds. The van der Waals surface area contributed by atoms with Crippen LogP contribution in [0.2, 0.25) is 0 Å². The second-order valence-electron chi connectivity index (χ2n) is 4.93. The molecule has 0 saturated carbocycles. The molecule has 0 aromatic heterocycles. The van der Waals surface area contributed by atoms with Gasteiger partial charge >= 0.3 is 52.6 Å². The fraction of sp³-hybridized carbons (Fsp3) is 0.412. The molecule has 3 nitrogen and oxygen atoms in total. The van der Waals surface area contributed by atoms with E-state index in [-0.39, 0.29) is 0 Å². The van der Waals surface area contributed by atoms with Crippen LogP contribution in [-0.4, -0.2) is 46.0 Å². The molecule has 1 rings (SSSR count). The van der Waals surface area contributed by atoms with Crippen molar-refractivity contribution < 1.29 is 30.7 Å². The Bertz CT molecular complexity index is 462. The van der Waals surface area contributed by atoms with Gasteiger partial charge in [-0.05, 0) is 58.0 Å². The van der Waals surface area contributed by atoms with E-state index in [1.54, 1.807) is 0 Å². The molecule has 8 heteroatoms. The molecule has 0 radical (unpaired) electrons. The van der Waals surface area contributed by atoms with Crippen LogP contribution in [0.15, 0.2) is 30.3 Å². The minimum absolute atomic E-state index is 0.380. The molecule has 0 saturated heterocycles. The Kier molecular flexibility index (Phi) is 37.9. The zero-order chi connectivity index (χ0) is 20.7. The van der Waals surface area contributed by atoms with Gasteiger partial charge in [-0.15, -0.1) is 15.8 Å². The SMILES string of the molecule is CC(=O)OC#Cc1ccccc1.CP(C)C.CP(C)C.[C-]#[O+].[Cl][W][Cl]. The summed E-state index contributed by atoms with van der Waals surface area (Å²) in [4.78, 5) is 10.3. The van der Waals surface area contributed by atoms with Crippen LogP contribution >= 0.6 is 34.7 Å². The van der Waals surface area contributed by atoms with Crippen molar-refractivity contribution in [3.05, 3.63) is 42.5 Å². The predicted octanol–water partition coefficient (Wildman–Crippen LogP) is 5.61. The summed E-state index contributed by atoms with van der Waals surface area (Å²) in [6, 6.07) is 9.33. The summed E-state index contributed by atoms with van der Waals surface area (Å²) in [5.74, 6) is 2.29. The first-order valence-electron chi connectivity index (χ1n) is 6.72. The molecule has 0 atom stereocenters. The van der Waals surface area contributed by atoms with Crippen molar-refractivity contribution in [2.75, 3.05) is 40.0 Å². The summed E-state index contributed by atoms with van der Waals surface area (Å²) in [7, 11) is 10.6. The molecule has 0 aliphatic rings. The first-order valence-corrected chi connectivity index (χ1v) is 19.4. The topological polar surface area (TPSA) is 46.2 Å². The number of halogens is 2. The van der Waals surface area contributed by atoms with Crippen LogP contribution in [0.25, 0.3) is 0 Å². The summed E-state index contributed by atoms with van der Waals surface area (Å²) < 4.78 is 11.9. The van der Waals surface area contributed by atoms with Gasteiger partial charge < -0.3 is 4.74 Å². The van der Waals surface area contributed by atoms with Gasteiger partial charge in [0.15, 0.2) is 0 Å². The van der Waals surface area contributed by atoms with E-state index in [0.29, 0.717) is 15.8 Å². The summed E-state index contributed by atoms with van der Waals surface area (Å²) >= 11 is -0.806. The van der Waals surface area contributed by atoms with Crippen molar-refractivity contribution in [3.63, 3.8) is 0 Å². The van der Waals surface area contributed by atoms with Crippen molar-refractivity contribution in [2.45, 2.75) is 6.92 Å². The van der Waals surface area contributed by atoms with E-state index in [1.165, 1.54) is 6.92 Å². The van der Waals surface area contributed by atoms with Gasteiger partial charge in [-0.25, -0.2) is 0 Å². The Balaban J connectivity index is -0.000000141. The van der Waals surface area contributed by atoms with Crippen LogP contribution in [0.1, 0.15) is 12.5 Å². The third-order valence-corrected chi connectivity index (χ3v) is 1.16. The number of benzene rings is 1. The van der Waals surface area contributed by atoms with Crippen LogP contribution < -0.4 is 0 Å². The quantitative estimate of drug-likeness (QED) is 0.129. The number of hydrogen-bond donors (Lipinski definition) is 0. The Morgan fingerprint density at radius 2 is 1.36 bits per heavy atom. The summed E-state index contributed by atoms with van der Waals surface area (Å²) in [6.45, 7) is 19.2. The van der Waals surface area contributed by atoms with Crippen LogP contribution in [0.5, 0.6) is 0 Å². The second kappa shape index (κ2) is 28.9. The molecule has 0 spiro atoms. The van der Waals surface area contributed by atoms with Gasteiger partial charge in [0.25, 0.3) is 0 Å². The van der Waals surface area contributed by atoms with Crippen molar-refractivity contribution in [1.82, 2.24) is 0 Å². The van der Waals surface area contributed by atoms with Gasteiger partial charge in [-0.3, -0.25) is 4.79 Å². The Morgan fingerprint density at radius 1 is 1.04 bits per heavy atom. The minimum atomic E-state index is -0.806. The fourth-order valence-corrected chi connectivity index (χ4v) is 0.678. The Hall–Kier alpha value is 0.118. The number of rotatable bonds is 0. The monoisotopic (exact) mass is 594 g/mol. The maximum absolute atomic E-state index is 10.3. The van der Waals surface area contributed by atoms with Gasteiger partial charge in [-0.2, -0.15) is 0 Å². The van der Waals surface area contributed by atoms with E-state index in [0.717, 1.165) is 5.56 Å². The Labute approximate surface area is 172 Å². The normalized spacial score (nSPS) is 7.56. The summed E-state index contributed by atoms with van der Waals surface area (Å²) in [5, 5.41) is 0. The predicted molar refractivity (Wildman–Crippen MR) is 110 cm³/mol. The van der Waals surface area contributed by atoms with E-state index >= 15 is 0 Å². The van der Waals surface area contributed by atoms with Crippen molar-refractivity contribution in [2.24, 2.45) is 0 Å². The van der Waals surface area contributed by atoms with Crippen molar-refractivity contribution in [3.8, 4) is 12.0 Å². The van der Waals surface area contributed by atoms with E-state index < -0.39 is 22.5 Å². The first kappa shape index (κ1) is 32.8. The van der Waals surface area contributed by atoms with Gasteiger partial charge in [0, 0.05) is 12.5 Å². The van der Waals surface area contributed by atoms with Crippen LogP contribution in [0.4, 0.5) is 0 Å². The number of esters is 1. The second-order valence-corrected chi connectivity index (χ2v) is 14.5. The van der Waals surface area contributed by atoms with E-state index in [2.05, 4.69) is 63.4 Å². The van der Waals surface area contributed by atoms with Crippen molar-refractivity contribution >= 4 is 40.6 Å². The number of carbonyl (C=O) groups excluding carboxylic acids is 1. The maximum atomic E-state index is 10.3. The van der Waals surface area contributed by atoms with Gasteiger partial charge in [0.05, 0.1) is 0 Å². The van der Waals surface area contributed by atoms with Crippen LogP contribution in [0.3, 0.4) is 0 Å². The number of carbonyl (C=O) groups is 1. The van der Waals surface area contributed by atoms with Crippen LogP contribution in [-0.2, 0) is 30.7 Å². The molecule has 0 bridgehead atoms. The molecule has 0 aliphatic carbocycles. The molecular formula is C17H26Cl2O3P2W. The van der Waals surface area contributed by atoms with Crippen molar-refractivity contribution in [1.29, 1.82) is 0 Å². The molecule has 0 aliphatic heterocycles. The van der Waals surface area contributed by atoms with Gasteiger partial charge in [0.1, 0.15) is 6.11 Å². The summed E-state index contributed by atoms with van der Waals surface area (Å²) in [5.41, 5.74) is 0.832. The van der Waals surface area contributed by atoms with Crippen LogP contribution in [0, 0.1) is 18.7 Å². The summed E-state index contributed by atoms with van der Waals surface area (Å²) in [6.07, 6.45) is 2.30. The molecule has 0 unspecified atom stereocenters. The van der Waals surface area contributed by atoms with E-state index in [4.69, 9.17) is 23.5 Å². The first-order chi connectivity index (χ1) is 11.7. The van der Waals surface area contributed by atoms with Gasteiger partial charge in [0.2, 0.25) is 0 Å². The number of ether oxygens (including phenoxy) is 1. The molecular weight excluding hydrogens is 569 g/mol. The molecule has 0 N–H and O–H groups in total. The zero-order valence-corrected chi connectivity index (χ0v) is 21.9. The molecule has 0 fully saturated rings. The van der Waals surface area contributed by atoms with E-state index in [1.807, 2.05) is 30.3 Å². The average Bonchev–Trinajstić information content (AvgIpc) is 2.50. The molecule has 0 heterocycles. The number of hydrogen-bond acceptors (Lipinski definition) is 2. The van der Waals surface area contributed by atoms with E-state index in [9.17, 15) is 4.79 Å². The fourth-order valence-electron chi connectivity index (χ4n) is 0.678. The average molecular weight is 595 g/mol. The third kappa shape index (κ3) is 59.2. The molecule has 25 heavy (non-hydrogen) atoms. The Morgan fingerprint density at radius 3 is 1.64 bits per heavy atom. The molecule has 142 valence electrons.